The van der Waals surface area contributed by atoms with Gasteiger partial charge in [0.25, 0.3) is 0 Å². The molecule has 0 unspecified atom stereocenters. The van der Waals surface area contributed by atoms with Crippen molar-refractivity contribution in [2.75, 3.05) is 19.5 Å². The van der Waals surface area contributed by atoms with E-state index in [4.69, 9.17) is 9.47 Å². The Hall–Kier alpha value is -3.02. The third-order valence-electron chi connectivity index (χ3n) is 4.44. The van der Waals surface area contributed by atoms with Crippen LogP contribution in [0.1, 0.15) is 25.3 Å². The van der Waals surface area contributed by atoms with Gasteiger partial charge in [-0.3, -0.25) is 10.1 Å². The average Bonchev–Trinajstić information content (AvgIpc) is 3.03. The van der Waals surface area contributed by atoms with E-state index in [2.05, 4.69) is 21.8 Å². The first-order valence-electron chi connectivity index (χ1n) is 9.12. The van der Waals surface area contributed by atoms with Crippen molar-refractivity contribution < 1.29 is 14.3 Å². The molecule has 1 heterocycles. The molecule has 1 amide bonds. The summed E-state index contributed by atoms with van der Waals surface area (Å²) in [6.07, 6.45) is 1.94. The Morgan fingerprint density at radius 2 is 1.89 bits per heavy atom. The van der Waals surface area contributed by atoms with Gasteiger partial charge >= 0.3 is 0 Å². The number of carbonyl (C=O) groups is 1. The van der Waals surface area contributed by atoms with Crippen molar-refractivity contribution >= 4 is 22.9 Å². The summed E-state index contributed by atoms with van der Waals surface area (Å²) in [4.78, 5) is 17.0. The maximum atomic E-state index is 12.5. The smallest absolute Gasteiger partial charge is 0.227 e. The third-order valence-corrected chi connectivity index (χ3v) is 4.44. The Morgan fingerprint density at radius 1 is 1.11 bits per heavy atom. The molecule has 0 aliphatic carbocycles. The number of nitrogens with zero attached hydrogens (tertiary/aromatic N) is 2. The molecule has 0 aliphatic rings. The fourth-order valence-corrected chi connectivity index (χ4v) is 3.10. The quantitative estimate of drug-likeness (QED) is 0.653. The maximum absolute atomic E-state index is 12.5. The molecule has 0 saturated carbocycles. The van der Waals surface area contributed by atoms with Gasteiger partial charge in [0.2, 0.25) is 11.9 Å². The van der Waals surface area contributed by atoms with Crippen LogP contribution in [0.25, 0.3) is 11.0 Å². The monoisotopic (exact) mass is 367 g/mol. The summed E-state index contributed by atoms with van der Waals surface area (Å²) in [7, 11) is 3.21. The molecule has 0 saturated heterocycles. The van der Waals surface area contributed by atoms with Crippen LogP contribution in [0.4, 0.5) is 5.95 Å². The molecular weight excluding hydrogens is 342 g/mol. The first-order valence-corrected chi connectivity index (χ1v) is 9.12. The molecule has 6 heteroatoms. The SMILES string of the molecule is CCCn1c(NC(=O)CCc2ccc(OC)c(OC)c2)nc2ccccc21. The summed E-state index contributed by atoms with van der Waals surface area (Å²) >= 11 is 0. The second-order valence-electron chi connectivity index (χ2n) is 6.31. The van der Waals surface area contributed by atoms with Gasteiger partial charge < -0.3 is 14.0 Å². The standard InChI is InChI=1S/C21H25N3O3/c1-4-13-24-17-8-6-5-7-16(17)22-21(24)23-20(25)12-10-15-9-11-18(26-2)19(14-15)27-3/h5-9,11,14H,4,10,12-13H2,1-3H3,(H,22,23,25). The number of fused-ring (bicyclic) bond motifs is 1. The average molecular weight is 367 g/mol. The molecule has 1 aromatic heterocycles. The van der Waals surface area contributed by atoms with Crippen LogP contribution in [-0.4, -0.2) is 29.7 Å². The van der Waals surface area contributed by atoms with Gasteiger partial charge in [-0.15, -0.1) is 0 Å². The first-order chi connectivity index (χ1) is 13.2. The number of para-hydroxylation sites is 2. The van der Waals surface area contributed by atoms with E-state index in [0.29, 0.717) is 30.3 Å². The Kier molecular flexibility index (Phi) is 5.96. The van der Waals surface area contributed by atoms with Crippen molar-refractivity contribution in [2.24, 2.45) is 0 Å². The lowest BCUT2D eigenvalue weighted by Gasteiger charge is -2.10. The lowest BCUT2D eigenvalue weighted by molar-refractivity contribution is -0.116. The Morgan fingerprint density at radius 3 is 2.63 bits per heavy atom. The van der Waals surface area contributed by atoms with Gasteiger partial charge in [-0.05, 0) is 42.7 Å². The summed E-state index contributed by atoms with van der Waals surface area (Å²) in [5, 5.41) is 2.96. The predicted molar refractivity (Wildman–Crippen MR) is 107 cm³/mol. The molecule has 2 aromatic carbocycles. The van der Waals surface area contributed by atoms with Crippen LogP contribution < -0.4 is 14.8 Å². The van der Waals surface area contributed by atoms with Gasteiger partial charge in [-0.2, -0.15) is 0 Å². The van der Waals surface area contributed by atoms with Gasteiger partial charge in [-0.25, -0.2) is 4.98 Å². The zero-order valence-electron chi connectivity index (χ0n) is 16.0. The van der Waals surface area contributed by atoms with Crippen LogP contribution in [0.2, 0.25) is 0 Å². The summed E-state index contributed by atoms with van der Waals surface area (Å²) in [6.45, 7) is 2.92. The van der Waals surface area contributed by atoms with Crippen LogP contribution in [0.3, 0.4) is 0 Å². The highest BCUT2D eigenvalue weighted by Gasteiger charge is 2.13. The number of hydrogen-bond donors (Lipinski definition) is 1. The number of aromatic nitrogens is 2. The third kappa shape index (κ3) is 4.22. The van der Waals surface area contributed by atoms with Crippen molar-refractivity contribution in [1.82, 2.24) is 9.55 Å². The van der Waals surface area contributed by atoms with Gasteiger partial charge in [0.1, 0.15) is 0 Å². The Balaban J connectivity index is 1.69. The lowest BCUT2D eigenvalue weighted by atomic mass is 10.1. The number of imidazole rings is 1. The van der Waals surface area contributed by atoms with E-state index in [-0.39, 0.29) is 5.91 Å². The minimum atomic E-state index is -0.0579. The summed E-state index contributed by atoms with van der Waals surface area (Å²) in [5.41, 5.74) is 2.94. The van der Waals surface area contributed by atoms with Crippen molar-refractivity contribution in [3.05, 3.63) is 48.0 Å². The van der Waals surface area contributed by atoms with Gasteiger partial charge in [0, 0.05) is 13.0 Å². The number of methoxy groups -OCH3 is 2. The fraction of sp³-hybridized carbons (Fsp3) is 0.333. The summed E-state index contributed by atoms with van der Waals surface area (Å²) < 4.78 is 12.6. The number of ether oxygens (including phenoxy) is 2. The van der Waals surface area contributed by atoms with Crippen molar-refractivity contribution in [1.29, 1.82) is 0 Å². The number of benzene rings is 2. The van der Waals surface area contributed by atoms with E-state index in [0.717, 1.165) is 29.6 Å². The molecule has 1 N–H and O–H groups in total. The number of carbonyl (C=O) groups excluding carboxylic acids is 1. The summed E-state index contributed by atoms with van der Waals surface area (Å²) in [6, 6.07) is 13.6. The van der Waals surface area contributed by atoms with E-state index in [1.165, 1.54) is 0 Å². The van der Waals surface area contributed by atoms with Crippen LogP contribution in [-0.2, 0) is 17.8 Å². The van der Waals surface area contributed by atoms with E-state index in [1.54, 1.807) is 14.2 Å². The second kappa shape index (κ2) is 8.58. The molecule has 3 rings (SSSR count). The zero-order chi connectivity index (χ0) is 19.2. The van der Waals surface area contributed by atoms with Gasteiger partial charge in [-0.1, -0.05) is 25.1 Å². The number of nitrogens with one attached hydrogen (secondary N) is 1. The number of aryl methyl sites for hydroxylation is 2. The topological polar surface area (TPSA) is 65.4 Å². The summed E-state index contributed by atoms with van der Waals surface area (Å²) in [5.74, 6) is 1.90. The number of hydrogen-bond acceptors (Lipinski definition) is 4. The van der Waals surface area contributed by atoms with E-state index in [1.807, 2.05) is 42.5 Å². The minimum absolute atomic E-state index is 0.0579. The number of anilines is 1. The lowest BCUT2D eigenvalue weighted by Crippen LogP contribution is -2.16. The molecule has 0 atom stereocenters. The number of rotatable bonds is 8. The normalized spacial score (nSPS) is 10.8. The minimum Gasteiger partial charge on any atom is -0.493 e. The van der Waals surface area contributed by atoms with E-state index in [9.17, 15) is 4.79 Å². The molecule has 6 nitrogen and oxygen atoms in total. The Bertz CT molecular complexity index is 934. The first kappa shape index (κ1) is 18.8. The molecular formula is C21H25N3O3. The van der Waals surface area contributed by atoms with Crippen molar-refractivity contribution in [2.45, 2.75) is 32.7 Å². The van der Waals surface area contributed by atoms with Gasteiger partial charge in [0.05, 0.1) is 25.3 Å². The van der Waals surface area contributed by atoms with E-state index < -0.39 is 0 Å². The van der Waals surface area contributed by atoms with Crippen LogP contribution in [0.15, 0.2) is 42.5 Å². The highest BCUT2D eigenvalue weighted by atomic mass is 16.5. The van der Waals surface area contributed by atoms with Crippen LogP contribution in [0.5, 0.6) is 11.5 Å². The maximum Gasteiger partial charge on any atom is 0.227 e. The predicted octanol–water partition coefficient (Wildman–Crippen LogP) is 4.03. The Labute approximate surface area is 159 Å². The van der Waals surface area contributed by atoms with Gasteiger partial charge in [0.15, 0.2) is 11.5 Å². The molecule has 142 valence electrons. The molecule has 0 radical (unpaired) electrons. The van der Waals surface area contributed by atoms with E-state index >= 15 is 0 Å². The highest BCUT2D eigenvalue weighted by molar-refractivity contribution is 5.91. The van der Waals surface area contributed by atoms with Crippen LogP contribution >= 0.6 is 0 Å². The molecule has 0 bridgehead atoms. The fourth-order valence-electron chi connectivity index (χ4n) is 3.10. The second-order valence-corrected chi connectivity index (χ2v) is 6.31. The van der Waals surface area contributed by atoms with Crippen LogP contribution in [0, 0.1) is 0 Å². The molecule has 3 aromatic rings. The molecule has 0 aliphatic heterocycles. The highest BCUT2D eigenvalue weighted by Crippen LogP contribution is 2.28. The van der Waals surface area contributed by atoms with Crippen molar-refractivity contribution in [3.8, 4) is 11.5 Å². The molecule has 0 spiro atoms. The zero-order valence-corrected chi connectivity index (χ0v) is 16.0. The molecule has 27 heavy (non-hydrogen) atoms. The largest absolute Gasteiger partial charge is 0.493 e. The van der Waals surface area contributed by atoms with Crippen molar-refractivity contribution in [3.63, 3.8) is 0 Å². The number of amides is 1. The molecule has 0 fully saturated rings.